The zero-order valence-electron chi connectivity index (χ0n) is 10.8. The molecule has 0 aromatic heterocycles. The molecule has 1 aromatic carbocycles. The normalized spacial score (nSPS) is 16.0. The molecular formula is C14H19N3O2. The van der Waals surface area contributed by atoms with Crippen molar-refractivity contribution in [3.8, 4) is 0 Å². The van der Waals surface area contributed by atoms with Crippen molar-refractivity contribution >= 4 is 11.8 Å². The quantitative estimate of drug-likeness (QED) is 0.822. The average molecular weight is 261 g/mol. The van der Waals surface area contributed by atoms with E-state index in [1.165, 1.54) is 0 Å². The van der Waals surface area contributed by atoms with E-state index in [-0.39, 0.29) is 18.5 Å². The first-order chi connectivity index (χ1) is 9.18. The lowest BCUT2D eigenvalue weighted by Crippen LogP contribution is -2.49. The summed E-state index contributed by atoms with van der Waals surface area (Å²) in [5.74, 6) is -0.589. The van der Waals surface area contributed by atoms with Crippen molar-refractivity contribution in [3.63, 3.8) is 0 Å². The number of carbonyl (C=O) groups excluding carboxylic acids is 2. The molecule has 0 aliphatic carbocycles. The van der Waals surface area contributed by atoms with E-state index in [1.54, 1.807) is 17.0 Å². The number of nitrogens with one attached hydrogen (secondary N) is 1. The van der Waals surface area contributed by atoms with Crippen molar-refractivity contribution in [2.24, 2.45) is 5.73 Å². The van der Waals surface area contributed by atoms with Crippen molar-refractivity contribution in [2.75, 3.05) is 19.6 Å². The summed E-state index contributed by atoms with van der Waals surface area (Å²) >= 11 is 0. The summed E-state index contributed by atoms with van der Waals surface area (Å²) in [6.45, 7) is 1.71. The van der Waals surface area contributed by atoms with Gasteiger partial charge in [-0.15, -0.1) is 0 Å². The third kappa shape index (κ3) is 3.54. The minimum Gasteiger partial charge on any atom is -0.368 e. The summed E-state index contributed by atoms with van der Waals surface area (Å²) in [6.07, 6.45) is 1.71. The van der Waals surface area contributed by atoms with E-state index in [9.17, 15) is 9.59 Å². The Balaban J connectivity index is 2.16. The number of primary amides is 1. The number of carbonyl (C=O) groups is 2. The van der Waals surface area contributed by atoms with Gasteiger partial charge in [0.2, 0.25) is 5.91 Å². The van der Waals surface area contributed by atoms with Crippen LogP contribution in [0.1, 0.15) is 23.2 Å². The van der Waals surface area contributed by atoms with Gasteiger partial charge in [0.05, 0.1) is 6.54 Å². The van der Waals surface area contributed by atoms with Gasteiger partial charge in [-0.1, -0.05) is 18.2 Å². The minimum atomic E-state index is -0.470. The van der Waals surface area contributed by atoms with Gasteiger partial charge in [-0.05, 0) is 38.1 Å². The summed E-state index contributed by atoms with van der Waals surface area (Å²) in [7, 11) is 0. The van der Waals surface area contributed by atoms with Crippen LogP contribution in [0, 0.1) is 0 Å². The summed E-state index contributed by atoms with van der Waals surface area (Å²) < 4.78 is 0. The molecule has 0 saturated carbocycles. The molecule has 2 amide bonds. The van der Waals surface area contributed by atoms with Gasteiger partial charge >= 0.3 is 0 Å². The zero-order chi connectivity index (χ0) is 13.7. The Hall–Kier alpha value is -1.88. The molecule has 1 aliphatic rings. The van der Waals surface area contributed by atoms with Gasteiger partial charge in [-0.3, -0.25) is 9.59 Å². The second-order valence-electron chi connectivity index (χ2n) is 4.75. The second-order valence-corrected chi connectivity index (χ2v) is 4.75. The van der Waals surface area contributed by atoms with E-state index in [0.29, 0.717) is 5.56 Å². The van der Waals surface area contributed by atoms with E-state index in [1.807, 2.05) is 18.2 Å². The Morgan fingerprint density at radius 2 is 1.84 bits per heavy atom. The third-order valence-electron chi connectivity index (χ3n) is 3.36. The summed E-state index contributed by atoms with van der Waals surface area (Å²) in [4.78, 5) is 25.3. The molecule has 2 rings (SSSR count). The number of piperidine rings is 1. The fourth-order valence-corrected chi connectivity index (χ4v) is 2.40. The topological polar surface area (TPSA) is 75.4 Å². The molecule has 0 unspecified atom stereocenters. The van der Waals surface area contributed by atoms with Gasteiger partial charge in [0.15, 0.2) is 0 Å². The highest BCUT2D eigenvalue weighted by atomic mass is 16.2. The van der Waals surface area contributed by atoms with Gasteiger partial charge < -0.3 is 16.0 Å². The number of amides is 2. The number of nitrogens with two attached hydrogens (primary N) is 1. The standard InChI is InChI=1S/C14H19N3O2/c15-13(18)10-17(12-6-8-16-9-7-12)14(19)11-4-2-1-3-5-11/h1-5,12,16H,6-10H2,(H2,15,18). The summed E-state index contributed by atoms with van der Waals surface area (Å²) in [6, 6.07) is 9.10. The van der Waals surface area contributed by atoms with Crippen molar-refractivity contribution in [1.29, 1.82) is 0 Å². The molecular weight excluding hydrogens is 242 g/mol. The molecule has 5 nitrogen and oxygen atoms in total. The van der Waals surface area contributed by atoms with Gasteiger partial charge in [-0.25, -0.2) is 0 Å². The third-order valence-corrected chi connectivity index (χ3v) is 3.36. The van der Waals surface area contributed by atoms with E-state index in [2.05, 4.69) is 5.32 Å². The van der Waals surface area contributed by atoms with Crippen molar-refractivity contribution in [3.05, 3.63) is 35.9 Å². The zero-order valence-corrected chi connectivity index (χ0v) is 10.8. The molecule has 3 N–H and O–H groups in total. The van der Waals surface area contributed by atoms with Crippen LogP contribution in [0.25, 0.3) is 0 Å². The van der Waals surface area contributed by atoms with Crippen LogP contribution in [0.2, 0.25) is 0 Å². The molecule has 0 bridgehead atoms. The Morgan fingerprint density at radius 3 is 2.42 bits per heavy atom. The van der Waals surface area contributed by atoms with Gasteiger partial charge in [0.25, 0.3) is 5.91 Å². The molecule has 0 radical (unpaired) electrons. The van der Waals surface area contributed by atoms with Crippen LogP contribution in [0.4, 0.5) is 0 Å². The lowest BCUT2D eigenvalue weighted by Gasteiger charge is -2.34. The van der Waals surface area contributed by atoms with Crippen molar-refractivity contribution < 1.29 is 9.59 Å². The first-order valence-corrected chi connectivity index (χ1v) is 6.53. The Bertz CT molecular complexity index is 441. The molecule has 19 heavy (non-hydrogen) atoms. The molecule has 1 aromatic rings. The molecule has 0 atom stereocenters. The second kappa shape index (κ2) is 6.33. The fourth-order valence-electron chi connectivity index (χ4n) is 2.40. The molecule has 1 heterocycles. The lowest BCUT2D eigenvalue weighted by atomic mass is 10.0. The van der Waals surface area contributed by atoms with E-state index in [4.69, 9.17) is 5.73 Å². The van der Waals surface area contributed by atoms with Gasteiger partial charge in [0, 0.05) is 11.6 Å². The van der Waals surface area contributed by atoms with E-state index in [0.717, 1.165) is 25.9 Å². The summed E-state index contributed by atoms with van der Waals surface area (Å²) in [5, 5.41) is 3.25. The van der Waals surface area contributed by atoms with Crippen LogP contribution in [-0.2, 0) is 4.79 Å². The minimum absolute atomic E-state index is 0.0155. The largest absolute Gasteiger partial charge is 0.368 e. The van der Waals surface area contributed by atoms with Crippen molar-refractivity contribution in [1.82, 2.24) is 10.2 Å². The maximum atomic E-state index is 12.5. The number of benzene rings is 1. The Morgan fingerprint density at radius 1 is 1.21 bits per heavy atom. The predicted octanol–water partition coefficient (Wildman–Crippen LogP) is 0.366. The molecule has 1 aliphatic heterocycles. The highest BCUT2D eigenvalue weighted by Gasteiger charge is 2.27. The molecule has 1 fully saturated rings. The summed E-state index contributed by atoms with van der Waals surface area (Å²) in [5.41, 5.74) is 5.87. The smallest absolute Gasteiger partial charge is 0.254 e. The number of rotatable bonds is 4. The van der Waals surface area contributed by atoms with Crippen LogP contribution >= 0.6 is 0 Å². The maximum absolute atomic E-state index is 12.5. The first-order valence-electron chi connectivity index (χ1n) is 6.53. The number of hydrogen-bond donors (Lipinski definition) is 2. The fraction of sp³-hybridized carbons (Fsp3) is 0.429. The molecule has 1 saturated heterocycles. The van der Waals surface area contributed by atoms with Crippen LogP contribution < -0.4 is 11.1 Å². The van der Waals surface area contributed by atoms with Gasteiger partial charge in [-0.2, -0.15) is 0 Å². The maximum Gasteiger partial charge on any atom is 0.254 e. The van der Waals surface area contributed by atoms with Gasteiger partial charge in [0.1, 0.15) is 0 Å². The van der Waals surface area contributed by atoms with Crippen LogP contribution in [0.15, 0.2) is 30.3 Å². The average Bonchev–Trinajstić information content (AvgIpc) is 2.46. The van der Waals surface area contributed by atoms with Crippen molar-refractivity contribution in [2.45, 2.75) is 18.9 Å². The number of nitrogens with zero attached hydrogens (tertiary/aromatic N) is 1. The highest BCUT2D eigenvalue weighted by molar-refractivity contribution is 5.96. The monoisotopic (exact) mass is 261 g/mol. The SMILES string of the molecule is NC(=O)CN(C(=O)c1ccccc1)C1CCNCC1. The predicted molar refractivity (Wildman–Crippen MR) is 72.6 cm³/mol. The first kappa shape index (κ1) is 13.5. The Kier molecular flexibility index (Phi) is 4.52. The Labute approximate surface area is 112 Å². The lowest BCUT2D eigenvalue weighted by molar-refractivity contribution is -0.119. The number of hydrogen-bond acceptors (Lipinski definition) is 3. The highest BCUT2D eigenvalue weighted by Crippen LogP contribution is 2.15. The van der Waals surface area contributed by atoms with E-state index < -0.39 is 5.91 Å². The van der Waals surface area contributed by atoms with Crippen LogP contribution in [0.5, 0.6) is 0 Å². The van der Waals surface area contributed by atoms with E-state index >= 15 is 0 Å². The molecule has 0 spiro atoms. The molecule has 102 valence electrons. The van der Waals surface area contributed by atoms with Crippen LogP contribution in [-0.4, -0.2) is 42.4 Å². The van der Waals surface area contributed by atoms with Crippen LogP contribution in [0.3, 0.4) is 0 Å². The molecule has 5 heteroatoms.